The number of hydrogen-bond donors (Lipinski definition) is 2. The zero-order valence-electron chi connectivity index (χ0n) is 9.27. The van der Waals surface area contributed by atoms with E-state index in [9.17, 15) is 0 Å². The number of nitrogens with one attached hydrogen (secondary N) is 1. The molecule has 0 saturated heterocycles. The Hall–Kier alpha value is -0.0800. The molecule has 0 radical (unpaired) electrons. The van der Waals surface area contributed by atoms with Crippen LogP contribution >= 0.6 is 0 Å². The molecule has 1 fully saturated rings. The highest BCUT2D eigenvalue weighted by Gasteiger charge is 2.49. The SMILES string of the molecule is CCCCCC(NN)C1CC1(C)C. The van der Waals surface area contributed by atoms with Crippen molar-refractivity contribution in [2.45, 2.75) is 58.9 Å². The smallest absolute Gasteiger partial charge is 0.0244 e. The highest BCUT2D eigenvalue weighted by atomic mass is 15.2. The molecule has 0 aliphatic heterocycles. The van der Waals surface area contributed by atoms with Crippen LogP contribution in [0.1, 0.15) is 52.9 Å². The molecule has 2 unspecified atom stereocenters. The van der Waals surface area contributed by atoms with E-state index in [0.717, 1.165) is 5.92 Å². The van der Waals surface area contributed by atoms with Gasteiger partial charge in [0.25, 0.3) is 0 Å². The largest absolute Gasteiger partial charge is 0.271 e. The fourth-order valence-electron chi connectivity index (χ4n) is 2.21. The van der Waals surface area contributed by atoms with Crippen LogP contribution in [-0.2, 0) is 0 Å². The Morgan fingerprint density at radius 1 is 1.46 bits per heavy atom. The van der Waals surface area contributed by atoms with Crippen LogP contribution < -0.4 is 11.3 Å². The van der Waals surface area contributed by atoms with Crippen molar-refractivity contribution in [2.24, 2.45) is 17.2 Å². The molecule has 0 aromatic rings. The summed E-state index contributed by atoms with van der Waals surface area (Å²) in [6.07, 6.45) is 6.54. The second-order valence-electron chi connectivity index (χ2n) is 5.07. The van der Waals surface area contributed by atoms with Crippen molar-refractivity contribution in [1.82, 2.24) is 5.43 Å². The van der Waals surface area contributed by atoms with Gasteiger partial charge >= 0.3 is 0 Å². The fraction of sp³-hybridized carbons (Fsp3) is 1.00. The van der Waals surface area contributed by atoms with E-state index in [2.05, 4.69) is 26.2 Å². The summed E-state index contributed by atoms with van der Waals surface area (Å²) in [5.74, 6) is 6.38. The van der Waals surface area contributed by atoms with E-state index in [-0.39, 0.29) is 0 Å². The molecule has 1 saturated carbocycles. The standard InChI is InChI=1S/C11H24N2/c1-4-5-6-7-10(13-12)9-8-11(9,2)3/h9-10,13H,4-8,12H2,1-3H3. The summed E-state index contributed by atoms with van der Waals surface area (Å²) in [7, 11) is 0. The molecule has 1 aliphatic carbocycles. The van der Waals surface area contributed by atoms with Crippen molar-refractivity contribution < 1.29 is 0 Å². The fourth-order valence-corrected chi connectivity index (χ4v) is 2.21. The number of hydrazine groups is 1. The summed E-state index contributed by atoms with van der Waals surface area (Å²) < 4.78 is 0. The van der Waals surface area contributed by atoms with E-state index in [4.69, 9.17) is 5.84 Å². The number of unbranched alkanes of at least 4 members (excludes halogenated alkanes) is 2. The van der Waals surface area contributed by atoms with Gasteiger partial charge in [-0.25, -0.2) is 0 Å². The lowest BCUT2D eigenvalue weighted by atomic mass is 9.99. The van der Waals surface area contributed by atoms with E-state index in [0.29, 0.717) is 11.5 Å². The molecule has 0 spiro atoms. The van der Waals surface area contributed by atoms with Gasteiger partial charge in [-0.05, 0) is 24.2 Å². The summed E-state index contributed by atoms with van der Waals surface area (Å²) in [6, 6.07) is 0.557. The molecule has 2 nitrogen and oxygen atoms in total. The average Bonchev–Trinajstić information content (AvgIpc) is 2.69. The van der Waals surface area contributed by atoms with Crippen LogP contribution in [0.15, 0.2) is 0 Å². The van der Waals surface area contributed by atoms with Crippen LogP contribution in [0.25, 0.3) is 0 Å². The van der Waals surface area contributed by atoms with Gasteiger partial charge in [-0.1, -0.05) is 40.0 Å². The lowest BCUT2D eigenvalue weighted by Gasteiger charge is -2.17. The topological polar surface area (TPSA) is 38.0 Å². The summed E-state index contributed by atoms with van der Waals surface area (Å²) in [5.41, 5.74) is 3.52. The average molecular weight is 184 g/mol. The molecule has 0 aromatic carbocycles. The second kappa shape index (κ2) is 4.43. The quantitative estimate of drug-likeness (QED) is 0.378. The molecular formula is C11H24N2. The summed E-state index contributed by atoms with van der Waals surface area (Å²) >= 11 is 0. The Morgan fingerprint density at radius 2 is 2.08 bits per heavy atom. The zero-order chi connectivity index (χ0) is 9.90. The maximum Gasteiger partial charge on any atom is 0.0244 e. The molecule has 78 valence electrons. The minimum Gasteiger partial charge on any atom is -0.271 e. The van der Waals surface area contributed by atoms with Gasteiger partial charge in [0.05, 0.1) is 0 Å². The van der Waals surface area contributed by atoms with Gasteiger partial charge in [-0.15, -0.1) is 0 Å². The van der Waals surface area contributed by atoms with Gasteiger partial charge in [-0.2, -0.15) is 0 Å². The maximum absolute atomic E-state index is 5.57. The highest BCUT2D eigenvalue weighted by Crippen LogP contribution is 2.54. The Balaban J connectivity index is 2.21. The third-order valence-corrected chi connectivity index (χ3v) is 3.41. The molecule has 2 heteroatoms. The molecule has 0 bridgehead atoms. The first-order valence-electron chi connectivity index (χ1n) is 5.58. The monoisotopic (exact) mass is 184 g/mol. The van der Waals surface area contributed by atoms with Crippen molar-refractivity contribution in [3.05, 3.63) is 0 Å². The first-order chi connectivity index (χ1) is 6.11. The normalized spacial score (nSPS) is 27.2. The molecule has 13 heavy (non-hydrogen) atoms. The van der Waals surface area contributed by atoms with E-state index >= 15 is 0 Å². The van der Waals surface area contributed by atoms with E-state index in [1.54, 1.807) is 0 Å². The minimum absolute atomic E-state index is 0.545. The lowest BCUT2D eigenvalue weighted by Crippen LogP contribution is -2.37. The second-order valence-corrected chi connectivity index (χ2v) is 5.07. The molecule has 3 N–H and O–H groups in total. The van der Waals surface area contributed by atoms with Crippen LogP contribution in [0.4, 0.5) is 0 Å². The number of rotatable bonds is 6. The molecule has 0 aromatic heterocycles. The summed E-state index contributed by atoms with van der Waals surface area (Å²) in [6.45, 7) is 6.91. The Kier molecular flexibility index (Phi) is 3.74. The third kappa shape index (κ3) is 2.96. The summed E-state index contributed by atoms with van der Waals surface area (Å²) in [5, 5.41) is 0. The third-order valence-electron chi connectivity index (χ3n) is 3.41. The van der Waals surface area contributed by atoms with Gasteiger partial charge in [0.1, 0.15) is 0 Å². The van der Waals surface area contributed by atoms with Gasteiger partial charge in [0.2, 0.25) is 0 Å². The van der Waals surface area contributed by atoms with Crippen molar-refractivity contribution in [3.8, 4) is 0 Å². The van der Waals surface area contributed by atoms with E-state index in [1.807, 2.05) is 0 Å². The Morgan fingerprint density at radius 3 is 2.46 bits per heavy atom. The van der Waals surface area contributed by atoms with Gasteiger partial charge in [-0.3, -0.25) is 11.3 Å². The van der Waals surface area contributed by atoms with Gasteiger partial charge in [0, 0.05) is 6.04 Å². The molecule has 1 aliphatic rings. The van der Waals surface area contributed by atoms with Crippen LogP contribution in [0.2, 0.25) is 0 Å². The predicted octanol–water partition coefficient (Wildman–Crippen LogP) is 2.44. The molecule has 0 heterocycles. The number of nitrogens with two attached hydrogens (primary N) is 1. The number of hydrogen-bond acceptors (Lipinski definition) is 2. The first-order valence-corrected chi connectivity index (χ1v) is 5.58. The summed E-state index contributed by atoms with van der Waals surface area (Å²) in [4.78, 5) is 0. The Labute approximate surface area is 82.2 Å². The van der Waals surface area contributed by atoms with Crippen LogP contribution in [0.5, 0.6) is 0 Å². The molecule has 1 rings (SSSR count). The van der Waals surface area contributed by atoms with E-state index in [1.165, 1.54) is 32.1 Å². The van der Waals surface area contributed by atoms with Gasteiger partial charge in [0.15, 0.2) is 0 Å². The van der Waals surface area contributed by atoms with Crippen molar-refractivity contribution in [3.63, 3.8) is 0 Å². The first kappa shape index (κ1) is 11.0. The molecule has 2 atom stereocenters. The molecular weight excluding hydrogens is 160 g/mol. The van der Waals surface area contributed by atoms with Gasteiger partial charge < -0.3 is 0 Å². The van der Waals surface area contributed by atoms with Crippen molar-refractivity contribution >= 4 is 0 Å². The Bertz CT molecular complexity index is 154. The predicted molar refractivity (Wildman–Crippen MR) is 57.1 cm³/mol. The lowest BCUT2D eigenvalue weighted by molar-refractivity contribution is 0.379. The van der Waals surface area contributed by atoms with Crippen LogP contribution in [0.3, 0.4) is 0 Å². The van der Waals surface area contributed by atoms with Crippen LogP contribution in [-0.4, -0.2) is 6.04 Å². The highest BCUT2D eigenvalue weighted by molar-refractivity contribution is 5.01. The minimum atomic E-state index is 0.545. The zero-order valence-corrected chi connectivity index (χ0v) is 9.27. The molecule has 0 amide bonds. The van der Waals surface area contributed by atoms with Crippen molar-refractivity contribution in [2.75, 3.05) is 0 Å². The van der Waals surface area contributed by atoms with Crippen LogP contribution in [0, 0.1) is 11.3 Å². The maximum atomic E-state index is 5.57. The van der Waals surface area contributed by atoms with Crippen molar-refractivity contribution in [1.29, 1.82) is 0 Å². The van der Waals surface area contributed by atoms with E-state index < -0.39 is 0 Å².